The van der Waals surface area contributed by atoms with Gasteiger partial charge in [-0.15, -0.1) is 0 Å². The van der Waals surface area contributed by atoms with Crippen LogP contribution in [-0.2, 0) is 16.1 Å². The summed E-state index contributed by atoms with van der Waals surface area (Å²) in [6.07, 6.45) is 4.70. The number of para-hydroxylation sites is 2. The highest BCUT2D eigenvalue weighted by molar-refractivity contribution is 5.94. The Balaban J connectivity index is 1.47. The van der Waals surface area contributed by atoms with Gasteiger partial charge in [0.2, 0.25) is 11.8 Å². The van der Waals surface area contributed by atoms with Crippen LogP contribution in [0.25, 0.3) is 21.8 Å². The summed E-state index contributed by atoms with van der Waals surface area (Å²) in [7, 11) is 0. The Hall–Kier alpha value is -3.15. The topological polar surface area (TPSA) is 80.2 Å². The second kappa shape index (κ2) is 8.47. The molecule has 2 N–H and O–H groups in total. The number of hydrogen-bond donors (Lipinski definition) is 2. The zero-order valence-corrected chi connectivity index (χ0v) is 16.3. The summed E-state index contributed by atoms with van der Waals surface area (Å²) < 4.78 is 1.86. The van der Waals surface area contributed by atoms with Gasteiger partial charge in [-0.1, -0.05) is 37.1 Å². The van der Waals surface area contributed by atoms with E-state index in [1.54, 1.807) is 12.1 Å². The van der Waals surface area contributed by atoms with E-state index >= 15 is 0 Å². The van der Waals surface area contributed by atoms with Crippen LogP contribution in [0.15, 0.2) is 53.3 Å². The second-order valence-electron chi connectivity index (χ2n) is 7.60. The largest absolute Gasteiger partial charge is 0.354 e. The van der Waals surface area contributed by atoms with Crippen LogP contribution < -0.4 is 16.1 Å². The number of nitrogens with one attached hydrogen (secondary N) is 2. The Morgan fingerprint density at radius 2 is 1.48 bits per heavy atom. The molecule has 0 unspecified atom stereocenters. The number of rotatable bonds is 6. The van der Waals surface area contributed by atoms with Crippen molar-refractivity contribution in [3.8, 4) is 0 Å². The first-order valence-corrected chi connectivity index (χ1v) is 10.2. The van der Waals surface area contributed by atoms with Crippen molar-refractivity contribution in [3.05, 3.63) is 58.8 Å². The van der Waals surface area contributed by atoms with Gasteiger partial charge in [-0.05, 0) is 37.1 Å². The van der Waals surface area contributed by atoms with Crippen LogP contribution in [0.1, 0.15) is 32.1 Å². The van der Waals surface area contributed by atoms with E-state index in [-0.39, 0.29) is 36.3 Å². The van der Waals surface area contributed by atoms with Gasteiger partial charge in [0.1, 0.15) is 6.54 Å². The molecular weight excluding hydrogens is 366 g/mol. The first kappa shape index (κ1) is 19.2. The standard InChI is InChI=1S/C23H25N3O3/c27-21(25-16-7-1-2-8-16)13-14-24-22(28)15-26-19-11-5-3-9-17(19)23(29)18-10-4-6-12-20(18)26/h3-6,9-12,16H,1-2,7-8,13-15H2,(H,24,28)(H,25,27). The van der Waals surface area contributed by atoms with Crippen molar-refractivity contribution in [2.75, 3.05) is 6.54 Å². The van der Waals surface area contributed by atoms with E-state index < -0.39 is 0 Å². The van der Waals surface area contributed by atoms with Gasteiger partial charge >= 0.3 is 0 Å². The number of pyridine rings is 1. The SMILES string of the molecule is O=C(Cn1c2ccccc2c(=O)c2ccccc21)NCCC(=O)NC1CCCC1. The van der Waals surface area contributed by atoms with Crippen LogP contribution in [0.5, 0.6) is 0 Å². The summed E-state index contributed by atoms with van der Waals surface area (Å²) in [5.41, 5.74) is 1.42. The molecule has 6 nitrogen and oxygen atoms in total. The Labute approximate surface area is 168 Å². The lowest BCUT2D eigenvalue weighted by atomic mass is 10.1. The van der Waals surface area contributed by atoms with Crippen molar-refractivity contribution in [3.63, 3.8) is 0 Å². The lowest BCUT2D eigenvalue weighted by Gasteiger charge is -2.15. The van der Waals surface area contributed by atoms with Gasteiger partial charge in [0.25, 0.3) is 0 Å². The molecule has 0 saturated heterocycles. The highest BCUT2D eigenvalue weighted by Gasteiger charge is 2.17. The van der Waals surface area contributed by atoms with Crippen LogP contribution in [-0.4, -0.2) is 29.0 Å². The second-order valence-corrected chi connectivity index (χ2v) is 7.60. The van der Waals surface area contributed by atoms with Crippen LogP contribution in [0.2, 0.25) is 0 Å². The predicted octanol–water partition coefficient (Wildman–Crippen LogP) is 2.72. The third kappa shape index (κ3) is 4.16. The molecule has 6 heteroatoms. The molecule has 2 amide bonds. The van der Waals surface area contributed by atoms with E-state index in [0.717, 1.165) is 23.9 Å². The minimum Gasteiger partial charge on any atom is -0.354 e. The Bertz CT molecular complexity index is 1050. The number of nitrogens with zero attached hydrogens (tertiary/aromatic N) is 1. The molecule has 29 heavy (non-hydrogen) atoms. The molecule has 0 atom stereocenters. The molecule has 2 aromatic carbocycles. The molecule has 1 fully saturated rings. The van der Waals surface area contributed by atoms with Gasteiger partial charge in [0.15, 0.2) is 5.43 Å². The molecule has 150 valence electrons. The van der Waals surface area contributed by atoms with Crippen LogP contribution in [0.3, 0.4) is 0 Å². The Morgan fingerprint density at radius 1 is 0.897 bits per heavy atom. The normalized spacial score (nSPS) is 14.3. The smallest absolute Gasteiger partial charge is 0.239 e. The van der Waals surface area contributed by atoms with Gasteiger partial charge in [0.05, 0.1) is 11.0 Å². The van der Waals surface area contributed by atoms with Crippen molar-refractivity contribution in [2.45, 2.75) is 44.7 Å². The minimum absolute atomic E-state index is 0.0172. The molecule has 1 saturated carbocycles. The molecule has 0 aliphatic heterocycles. The van der Waals surface area contributed by atoms with Crippen LogP contribution in [0.4, 0.5) is 0 Å². The first-order chi connectivity index (χ1) is 14.1. The third-order valence-electron chi connectivity index (χ3n) is 5.58. The van der Waals surface area contributed by atoms with Crippen LogP contribution in [0, 0.1) is 0 Å². The van der Waals surface area contributed by atoms with Crippen molar-refractivity contribution in [1.82, 2.24) is 15.2 Å². The molecule has 0 spiro atoms. The van der Waals surface area contributed by atoms with Gasteiger partial charge in [-0.25, -0.2) is 0 Å². The minimum atomic E-state index is -0.183. The number of carbonyl (C=O) groups is 2. The summed E-state index contributed by atoms with van der Waals surface area (Å²) >= 11 is 0. The summed E-state index contributed by atoms with van der Waals surface area (Å²) in [6, 6.07) is 14.9. The number of carbonyl (C=O) groups excluding carboxylic acids is 2. The monoisotopic (exact) mass is 391 g/mol. The summed E-state index contributed by atoms with van der Waals surface area (Å²) in [4.78, 5) is 37.3. The van der Waals surface area contributed by atoms with Crippen molar-refractivity contribution in [1.29, 1.82) is 0 Å². The molecule has 1 aromatic heterocycles. The molecule has 1 heterocycles. The lowest BCUT2D eigenvalue weighted by Crippen LogP contribution is -2.36. The van der Waals surface area contributed by atoms with Gasteiger partial charge < -0.3 is 15.2 Å². The average Bonchev–Trinajstić information content (AvgIpc) is 3.24. The first-order valence-electron chi connectivity index (χ1n) is 10.2. The summed E-state index contributed by atoms with van der Waals surface area (Å²) in [5, 5.41) is 7.04. The average molecular weight is 391 g/mol. The molecule has 4 rings (SSSR count). The Kier molecular flexibility index (Phi) is 5.60. The highest BCUT2D eigenvalue weighted by Crippen LogP contribution is 2.19. The van der Waals surface area contributed by atoms with Gasteiger partial charge in [-0.2, -0.15) is 0 Å². The number of benzene rings is 2. The van der Waals surface area contributed by atoms with E-state index in [1.807, 2.05) is 41.0 Å². The summed E-state index contributed by atoms with van der Waals surface area (Å²) in [5.74, 6) is -0.200. The number of aromatic nitrogens is 1. The Morgan fingerprint density at radius 3 is 2.10 bits per heavy atom. The maximum Gasteiger partial charge on any atom is 0.239 e. The molecule has 0 bridgehead atoms. The maximum atomic E-state index is 12.8. The van der Waals surface area contributed by atoms with Crippen molar-refractivity contribution >= 4 is 33.6 Å². The van der Waals surface area contributed by atoms with E-state index in [4.69, 9.17) is 0 Å². The van der Waals surface area contributed by atoms with Crippen molar-refractivity contribution < 1.29 is 9.59 Å². The van der Waals surface area contributed by atoms with E-state index in [1.165, 1.54) is 12.8 Å². The van der Waals surface area contributed by atoms with E-state index in [9.17, 15) is 14.4 Å². The van der Waals surface area contributed by atoms with E-state index in [2.05, 4.69) is 10.6 Å². The molecule has 1 aliphatic rings. The fraction of sp³-hybridized carbons (Fsp3) is 0.348. The van der Waals surface area contributed by atoms with Crippen LogP contribution >= 0.6 is 0 Å². The molecule has 1 aliphatic carbocycles. The molecular formula is C23H25N3O3. The number of fused-ring (bicyclic) bond motifs is 2. The predicted molar refractivity (Wildman–Crippen MR) is 114 cm³/mol. The highest BCUT2D eigenvalue weighted by atomic mass is 16.2. The van der Waals surface area contributed by atoms with Gasteiger partial charge in [-0.3, -0.25) is 14.4 Å². The molecule has 3 aromatic rings. The lowest BCUT2D eigenvalue weighted by molar-refractivity contribution is -0.122. The summed E-state index contributed by atoms with van der Waals surface area (Å²) in [6.45, 7) is 0.388. The maximum absolute atomic E-state index is 12.8. The number of hydrogen-bond acceptors (Lipinski definition) is 3. The van der Waals surface area contributed by atoms with Gasteiger partial charge in [0, 0.05) is 29.8 Å². The molecule has 0 radical (unpaired) electrons. The fourth-order valence-corrected chi connectivity index (χ4v) is 4.13. The number of amides is 2. The fourth-order valence-electron chi connectivity index (χ4n) is 4.13. The third-order valence-corrected chi connectivity index (χ3v) is 5.58. The zero-order chi connectivity index (χ0) is 20.2. The zero-order valence-electron chi connectivity index (χ0n) is 16.3. The van der Waals surface area contributed by atoms with E-state index in [0.29, 0.717) is 17.3 Å². The van der Waals surface area contributed by atoms with Crippen molar-refractivity contribution in [2.24, 2.45) is 0 Å². The quantitative estimate of drug-likeness (QED) is 0.634.